The molecular weight excluding hydrogens is 695 g/mol. The Hall–Kier alpha value is -2.48. The van der Waals surface area contributed by atoms with Crippen molar-refractivity contribution in [2.75, 3.05) is 0 Å². The van der Waals surface area contributed by atoms with Crippen molar-refractivity contribution < 1.29 is 17.4 Å². The van der Waals surface area contributed by atoms with Crippen molar-refractivity contribution in [1.82, 2.24) is 0 Å². The van der Waals surface area contributed by atoms with Gasteiger partial charge < -0.3 is 0 Å². The summed E-state index contributed by atoms with van der Waals surface area (Å²) in [6.07, 6.45) is 5.18. The Morgan fingerprint density at radius 3 is 2.00 bits per heavy atom. The van der Waals surface area contributed by atoms with Gasteiger partial charge in [0.1, 0.15) is 0 Å². The van der Waals surface area contributed by atoms with Gasteiger partial charge in [-0.05, 0) is 0 Å². The molecule has 0 saturated carbocycles. The summed E-state index contributed by atoms with van der Waals surface area (Å²) in [5, 5.41) is 2.66. The predicted molar refractivity (Wildman–Crippen MR) is 207 cm³/mol. The molecule has 0 nitrogen and oxygen atoms in total. The standard InChI is InChI=1S/C22H19.C18H17.2CH3.2ClH.H2Si.Zr/c1-14-11-20-15(2)13-16(3)22(21(20)12-14)19-10-6-8-17-7-4-5-9-18(17)19;1-13(2)16-11-15-9-6-10-17(18(15)12-16)14-7-4-3-5-8-14;;;;;;/h4-13H,1-3H3;3-13H,1-2H3;2*1H3;2*1H;1H2;. The number of fused-ring (bicyclic) bond motifs is 3. The first-order valence-electron chi connectivity index (χ1n) is 16.2. The molecule has 7 rings (SSSR count). The van der Waals surface area contributed by atoms with E-state index in [1.54, 1.807) is 22.3 Å². The Morgan fingerprint density at radius 2 is 1.28 bits per heavy atom. The SMILES string of the molecule is CC1=Cc2c(-c3cccc4ccccc34)c(C)cc(C)c2[CH]1[Zr]([CH3])([CH3])(=[SiH2])[CH]1C(C(C)C)=Cc2c(-c3ccccc3)cccc21.Cl.Cl. The van der Waals surface area contributed by atoms with E-state index >= 15 is 0 Å². The van der Waals surface area contributed by atoms with Gasteiger partial charge in [0.15, 0.2) is 0 Å². The van der Waals surface area contributed by atoms with Crippen LogP contribution in [0, 0.1) is 19.8 Å². The first-order valence-corrected chi connectivity index (χ1v) is 29.9. The molecule has 2 aliphatic rings. The van der Waals surface area contributed by atoms with Gasteiger partial charge in [-0.3, -0.25) is 0 Å². The third-order valence-electron chi connectivity index (χ3n) is 10.7. The van der Waals surface area contributed by atoms with Gasteiger partial charge in [0, 0.05) is 0 Å². The Balaban J connectivity index is 0.00000208. The molecule has 46 heavy (non-hydrogen) atoms. The quantitative estimate of drug-likeness (QED) is 0.157. The van der Waals surface area contributed by atoms with E-state index in [4.69, 9.17) is 0 Å². The molecule has 0 aliphatic heterocycles. The van der Waals surface area contributed by atoms with Crippen LogP contribution in [0.25, 0.3) is 45.2 Å². The number of hydrogen-bond donors (Lipinski definition) is 0. The van der Waals surface area contributed by atoms with E-state index in [-0.39, 0.29) is 24.8 Å². The summed E-state index contributed by atoms with van der Waals surface area (Å²) in [7, 11) is 0. The van der Waals surface area contributed by atoms with E-state index in [1.807, 2.05) is 0 Å². The van der Waals surface area contributed by atoms with Crippen molar-refractivity contribution in [2.45, 2.75) is 51.1 Å². The third-order valence-corrected chi connectivity index (χ3v) is 28.3. The number of allylic oxidation sites excluding steroid dienone is 2. The second-order valence-corrected chi connectivity index (χ2v) is 45.4. The van der Waals surface area contributed by atoms with Gasteiger partial charge in [0.05, 0.1) is 0 Å². The number of halogens is 2. The molecule has 0 spiro atoms. The monoisotopic (exact) mass is 738 g/mol. The van der Waals surface area contributed by atoms with Crippen molar-refractivity contribution in [3.63, 3.8) is 0 Å². The maximum Gasteiger partial charge on any atom is -0.147 e. The maximum atomic E-state index is 2.78. The minimum Gasteiger partial charge on any atom is -0.147 e. The van der Waals surface area contributed by atoms with Crippen molar-refractivity contribution in [3.05, 3.63) is 142 Å². The van der Waals surface area contributed by atoms with Crippen molar-refractivity contribution in [3.8, 4) is 22.3 Å². The molecule has 0 N–H and O–H groups in total. The molecule has 4 heteroatoms. The molecule has 236 valence electrons. The molecule has 0 fully saturated rings. The van der Waals surface area contributed by atoms with Crippen LogP contribution in [0.3, 0.4) is 0 Å². The van der Waals surface area contributed by atoms with Gasteiger partial charge in [-0.2, -0.15) is 0 Å². The minimum absolute atomic E-state index is 0. The number of rotatable bonds is 5. The summed E-state index contributed by atoms with van der Waals surface area (Å²) in [4.78, 5) is 0. The number of benzene rings is 5. The van der Waals surface area contributed by atoms with E-state index in [9.17, 15) is 0 Å². The van der Waals surface area contributed by atoms with Gasteiger partial charge in [-0.15, -0.1) is 24.8 Å². The zero-order chi connectivity index (χ0) is 31.0. The number of hydrogen-bond acceptors (Lipinski definition) is 0. The minimum atomic E-state index is -3.72. The molecule has 2 atom stereocenters. The Kier molecular flexibility index (Phi) is 9.48. The molecule has 0 heterocycles. The van der Waals surface area contributed by atoms with Crippen LogP contribution in [0.4, 0.5) is 0 Å². The van der Waals surface area contributed by atoms with E-state index in [0.29, 0.717) is 13.2 Å². The second kappa shape index (κ2) is 12.5. The summed E-state index contributed by atoms with van der Waals surface area (Å²) in [5.74, 6) is 0.504. The van der Waals surface area contributed by atoms with Crippen molar-refractivity contribution in [2.24, 2.45) is 5.92 Å². The van der Waals surface area contributed by atoms with Crippen LogP contribution in [-0.4, -0.2) is 6.88 Å². The Bertz CT molecular complexity index is 2110. The smallest absolute Gasteiger partial charge is 0.147 e. The summed E-state index contributed by atoms with van der Waals surface area (Å²) >= 11 is -3.72. The topological polar surface area (TPSA) is 0 Å². The van der Waals surface area contributed by atoms with E-state index < -0.39 is 17.4 Å². The molecule has 2 aliphatic carbocycles. The Morgan fingerprint density at radius 1 is 0.652 bits per heavy atom. The maximum absolute atomic E-state index is 3.72. The van der Waals surface area contributed by atoms with Crippen LogP contribution in [0.5, 0.6) is 0 Å². The molecule has 0 amide bonds. The first-order chi connectivity index (χ1) is 21.0. The fourth-order valence-electron chi connectivity index (χ4n) is 9.15. The molecule has 2 unspecified atom stereocenters. The van der Waals surface area contributed by atoms with E-state index in [0.717, 1.165) is 0 Å². The molecule has 0 radical (unpaired) electrons. The summed E-state index contributed by atoms with van der Waals surface area (Å²) < 4.78 is 6.56. The van der Waals surface area contributed by atoms with Crippen LogP contribution >= 0.6 is 24.8 Å². The molecule has 0 bridgehead atoms. The van der Waals surface area contributed by atoms with Crippen LogP contribution < -0.4 is 0 Å². The van der Waals surface area contributed by atoms with Crippen LogP contribution in [0.1, 0.15) is 61.4 Å². The van der Waals surface area contributed by atoms with Crippen LogP contribution in [0.2, 0.25) is 9.26 Å². The van der Waals surface area contributed by atoms with Crippen molar-refractivity contribution in [1.29, 1.82) is 0 Å². The van der Waals surface area contributed by atoms with Gasteiger partial charge in [0.2, 0.25) is 0 Å². The number of aryl methyl sites for hydroxylation is 2. The molecule has 0 aromatic heterocycles. The summed E-state index contributed by atoms with van der Waals surface area (Å²) in [5.41, 5.74) is 17.7. The zero-order valence-corrected chi connectivity index (χ0v) is 33.7. The van der Waals surface area contributed by atoms with E-state index in [2.05, 4.69) is 160 Å². The van der Waals surface area contributed by atoms with Gasteiger partial charge in [0.25, 0.3) is 0 Å². The average Bonchev–Trinajstić information content (AvgIpc) is 3.58. The Labute approximate surface area is 290 Å². The molecular formula is C42H46Cl2SiZr. The van der Waals surface area contributed by atoms with Gasteiger partial charge in [-0.25, -0.2) is 0 Å². The second-order valence-electron chi connectivity index (χ2n) is 14.9. The van der Waals surface area contributed by atoms with Gasteiger partial charge >= 0.3 is 268 Å². The largest absolute Gasteiger partial charge is 0.147 e. The molecule has 0 saturated heterocycles. The third kappa shape index (κ3) is 5.38. The molecule has 5 aromatic carbocycles. The fraction of sp³-hybridized carbons (Fsp3) is 0.238. The van der Waals surface area contributed by atoms with E-state index in [1.165, 1.54) is 55.3 Å². The van der Waals surface area contributed by atoms with Crippen LogP contribution in [0.15, 0.2) is 108 Å². The summed E-state index contributed by atoms with van der Waals surface area (Å²) in [6, 6.07) is 36.3. The zero-order valence-electron chi connectivity index (χ0n) is 28.1. The molecule has 5 aromatic rings. The normalized spacial score (nSPS) is 17.2. The van der Waals surface area contributed by atoms with Gasteiger partial charge in [-0.1, -0.05) is 0 Å². The average molecular weight is 741 g/mol. The predicted octanol–water partition coefficient (Wildman–Crippen LogP) is 12.2. The first kappa shape index (κ1) is 34.8. The van der Waals surface area contributed by atoms with Crippen LogP contribution in [-0.2, 0) is 17.4 Å². The fourth-order valence-corrected chi connectivity index (χ4v) is 29.8. The van der Waals surface area contributed by atoms with Crippen molar-refractivity contribution >= 4 is 54.6 Å². The summed E-state index contributed by atoms with van der Waals surface area (Å²) in [6.45, 7) is 14.4.